The van der Waals surface area contributed by atoms with Crippen LogP contribution in [0.2, 0.25) is 0 Å². The molecule has 5 heteroatoms. The average molecular weight is 306 g/mol. The van der Waals surface area contributed by atoms with Gasteiger partial charge in [0.15, 0.2) is 0 Å². The fourth-order valence-electron chi connectivity index (χ4n) is 3.75. The van der Waals surface area contributed by atoms with Gasteiger partial charge in [0.25, 0.3) is 0 Å². The summed E-state index contributed by atoms with van der Waals surface area (Å²) in [6.45, 7) is 2.84. The van der Waals surface area contributed by atoms with Crippen molar-refractivity contribution in [3.63, 3.8) is 0 Å². The van der Waals surface area contributed by atoms with Crippen molar-refractivity contribution < 1.29 is 9.84 Å². The Morgan fingerprint density at radius 1 is 1.43 bits per heavy atom. The Labute approximate surface area is 130 Å². The van der Waals surface area contributed by atoms with Crippen LogP contribution in [0.5, 0.6) is 5.75 Å². The maximum Gasteiger partial charge on any atom is 0.123 e. The van der Waals surface area contributed by atoms with Crippen molar-refractivity contribution in [3.05, 3.63) is 29.3 Å². The van der Waals surface area contributed by atoms with E-state index < -0.39 is 0 Å². The quantitative estimate of drug-likeness (QED) is 0.826. The van der Waals surface area contributed by atoms with Gasteiger partial charge in [-0.25, -0.2) is 0 Å². The molecule has 0 spiro atoms. The van der Waals surface area contributed by atoms with Crippen LogP contribution in [0.1, 0.15) is 24.0 Å². The maximum atomic E-state index is 10.0. The molecule has 1 heterocycles. The van der Waals surface area contributed by atoms with Crippen LogP contribution in [0.4, 0.5) is 0 Å². The van der Waals surface area contributed by atoms with Crippen LogP contribution < -0.4 is 10.5 Å². The maximum absolute atomic E-state index is 10.0. The molecular weight excluding hydrogens is 284 g/mol. The van der Waals surface area contributed by atoms with E-state index in [9.17, 15) is 5.11 Å². The molecule has 3 rings (SSSR count). The van der Waals surface area contributed by atoms with Gasteiger partial charge >= 0.3 is 0 Å². The van der Waals surface area contributed by atoms with Crippen molar-refractivity contribution in [1.29, 1.82) is 0 Å². The minimum atomic E-state index is -0.121. The van der Waals surface area contributed by atoms with Crippen molar-refractivity contribution in [2.45, 2.75) is 25.5 Å². The molecule has 1 aliphatic carbocycles. The minimum Gasteiger partial charge on any atom is -0.496 e. The first-order valence-corrected chi connectivity index (χ1v) is 7.86. The van der Waals surface area contributed by atoms with Gasteiger partial charge in [-0.05, 0) is 37.0 Å². The number of fused-ring (bicyclic) bond motifs is 1. The van der Waals surface area contributed by atoms with Crippen LogP contribution in [0.15, 0.2) is 18.2 Å². The number of benzene rings is 1. The number of hydrogen-bond acceptors (Lipinski definition) is 4. The number of rotatable bonds is 4. The highest BCUT2D eigenvalue weighted by molar-refractivity contribution is 7.80. The fraction of sp³-hybridized carbons (Fsp3) is 0.562. The molecule has 1 aromatic rings. The standard InChI is InChI=1S/C16H22N2O2S/c1-20-15-5-3-10(16(17)21)6-12(15)8-18-7-11-2-4-14(19)13(11)9-18/h3,5-6,11,13-14,19H,2,4,7-9H2,1H3,(H2,17,21). The number of nitrogens with two attached hydrogens (primary N) is 1. The molecule has 0 aromatic heterocycles. The number of aliphatic hydroxyl groups excluding tert-OH is 1. The van der Waals surface area contributed by atoms with E-state index in [-0.39, 0.29) is 6.10 Å². The van der Waals surface area contributed by atoms with Crippen molar-refractivity contribution >= 4 is 17.2 Å². The number of hydrogen-bond donors (Lipinski definition) is 2. The highest BCUT2D eigenvalue weighted by Crippen LogP contribution is 2.39. The van der Waals surface area contributed by atoms with E-state index >= 15 is 0 Å². The summed E-state index contributed by atoms with van der Waals surface area (Å²) >= 11 is 5.05. The van der Waals surface area contributed by atoms with Gasteiger partial charge < -0.3 is 15.6 Å². The molecule has 1 saturated carbocycles. The second-order valence-electron chi connectivity index (χ2n) is 6.15. The lowest BCUT2D eigenvalue weighted by molar-refractivity contribution is 0.123. The second-order valence-corrected chi connectivity index (χ2v) is 6.59. The van der Waals surface area contributed by atoms with Crippen LogP contribution >= 0.6 is 12.2 Å². The molecule has 21 heavy (non-hydrogen) atoms. The van der Waals surface area contributed by atoms with Gasteiger partial charge in [0, 0.05) is 36.7 Å². The van der Waals surface area contributed by atoms with Crippen LogP contribution in [0, 0.1) is 11.8 Å². The van der Waals surface area contributed by atoms with E-state index in [4.69, 9.17) is 22.7 Å². The third kappa shape index (κ3) is 2.91. The molecule has 3 unspecified atom stereocenters. The molecule has 3 N–H and O–H groups in total. The zero-order chi connectivity index (χ0) is 15.0. The Bertz CT molecular complexity index is 549. The SMILES string of the molecule is COc1ccc(C(N)=S)cc1CN1CC2CCC(O)C2C1. The Morgan fingerprint density at radius 2 is 2.24 bits per heavy atom. The average Bonchev–Trinajstić information content (AvgIpc) is 3.01. The molecule has 1 aromatic carbocycles. The molecular formula is C16H22N2O2S. The normalized spacial score (nSPS) is 28.6. The van der Waals surface area contributed by atoms with E-state index in [0.29, 0.717) is 16.8 Å². The Hall–Kier alpha value is -1.17. The third-order valence-corrected chi connectivity index (χ3v) is 5.09. The molecule has 4 nitrogen and oxygen atoms in total. The summed E-state index contributed by atoms with van der Waals surface area (Å²) in [6, 6.07) is 5.84. The summed E-state index contributed by atoms with van der Waals surface area (Å²) in [7, 11) is 1.68. The molecule has 3 atom stereocenters. The minimum absolute atomic E-state index is 0.121. The van der Waals surface area contributed by atoms with Crippen LogP contribution in [0.3, 0.4) is 0 Å². The zero-order valence-corrected chi connectivity index (χ0v) is 13.1. The summed E-state index contributed by atoms with van der Waals surface area (Å²) in [5.74, 6) is 1.95. The lowest BCUT2D eigenvalue weighted by Crippen LogP contribution is -2.25. The van der Waals surface area contributed by atoms with Crippen LogP contribution in [-0.2, 0) is 6.54 Å². The van der Waals surface area contributed by atoms with E-state index in [1.165, 1.54) is 0 Å². The molecule has 1 aliphatic heterocycles. The lowest BCUT2D eigenvalue weighted by Gasteiger charge is -2.20. The topological polar surface area (TPSA) is 58.7 Å². The van der Waals surface area contributed by atoms with Crippen molar-refractivity contribution in [2.75, 3.05) is 20.2 Å². The van der Waals surface area contributed by atoms with Gasteiger partial charge in [0.05, 0.1) is 13.2 Å². The molecule has 0 amide bonds. The number of ether oxygens (including phenoxy) is 1. The Kier molecular flexibility index (Phi) is 4.15. The largest absolute Gasteiger partial charge is 0.496 e. The summed E-state index contributed by atoms with van der Waals surface area (Å²) in [5, 5.41) is 10.0. The van der Waals surface area contributed by atoms with Crippen LogP contribution in [0.25, 0.3) is 0 Å². The number of likely N-dealkylation sites (tertiary alicyclic amines) is 1. The molecule has 0 bridgehead atoms. The predicted molar refractivity (Wildman–Crippen MR) is 86.4 cm³/mol. The van der Waals surface area contributed by atoms with E-state index in [2.05, 4.69) is 4.90 Å². The Balaban J connectivity index is 1.75. The molecule has 2 aliphatic rings. The van der Waals surface area contributed by atoms with Gasteiger partial charge in [-0.15, -0.1) is 0 Å². The van der Waals surface area contributed by atoms with Crippen molar-refractivity contribution in [3.8, 4) is 5.75 Å². The van der Waals surface area contributed by atoms with Crippen LogP contribution in [-0.4, -0.2) is 41.3 Å². The molecule has 2 fully saturated rings. The first kappa shape index (κ1) is 14.8. The van der Waals surface area contributed by atoms with Gasteiger partial charge in [-0.2, -0.15) is 0 Å². The number of nitrogens with zero attached hydrogens (tertiary/aromatic N) is 1. The highest BCUT2D eigenvalue weighted by atomic mass is 32.1. The number of aliphatic hydroxyl groups is 1. The highest BCUT2D eigenvalue weighted by Gasteiger charge is 2.41. The third-order valence-electron chi connectivity index (χ3n) is 4.85. The predicted octanol–water partition coefficient (Wildman–Crippen LogP) is 1.53. The second kappa shape index (κ2) is 5.91. The zero-order valence-electron chi connectivity index (χ0n) is 12.3. The fourth-order valence-corrected chi connectivity index (χ4v) is 3.88. The van der Waals surface area contributed by atoms with E-state index in [1.807, 2.05) is 18.2 Å². The monoisotopic (exact) mass is 306 g/mol. The number of thiocarbonyl (C=S) groups is 1. The van der Waals surface area contributed by atoms with Gasteiger partial charge in [0.1, 0.15) is 10.7 Å². The molecule has 114 valence electrons. The summed E-state index contributed by atoms with van der Waals surface area (Å²) in [5.41, 5.74) is 7.70. The first-order chi connectivity index (χ1) is 10.1. The smallest absolute Gasteiger partial charge is 0.123 e. The lowest BCUT2D eigenvalue weighted by atomic mass is 10.00. The summed E-state index contributed by atoms with van der Waals surface area (Å²) in [4.78, 5) is 2.81. The van der Waals surface area contributed by atoms with Gasteiger partial charge in [-0.1, -0.05) is 12.2 Å². The number of methoxy groups -OCH3 is 1. The van der Waals surface area contributed by atoms with Crippen molar-refractivity contribution in [2.24, 2.45) is 17.6 Å². The van der Waals surface area contributed by atoms with E-state index in [0.717, 1.165) is 49.4 Å². The Morgan fingerprint density at radius 3 is 2.90 bits per heavy atom. The van der Waals surface area contributed by atoms with Crippen molar-refractivity contribution in [1.82, 2.24) is 4.90 Å². The van der Waals surface area contributed by atoms with E-state index in [1.54, 1.807) is 7.11 Å². The summed E-state index contributed by atoms with van der Waals surface area (Å²) < 4.78 is 5.45. The summed E-state index contributed by atoms with van der Waals surface area (Å²) in [6.07, 6.45) is 1.99. The molecule has 1 saturated heterocycles. The van der Waals surface area contributed by atoms with Gasteiger partial charge in [-0.3, -0.25) is 4.90 Å². The first-order valence-electron chi connectivity index (χ1n) is 7.45. The van der Waals surface area contributed by atoms with Gasteiger partial charge in [0.2, 0.25) is 0 Å². The molecule has 0 radical (unpaired) electrons.